The zero-order valence-corrected chi connectivity index (χ0v) is 13.9. The van der Waals surface area contributed by atoms with E-state index in [9.17, 15) is 4.79 Å². The van der Waals surface area contributed by atoms with Crippen molar-refractivity contribution in [2.75, 3.05) is 33.8 Å². The van der Waals surface area contributed by atoms with E-state index in [-0.39, 0.29) is 18.1 Å². The van der Waals surface area contributed by atoms with E-state index in [1.54, 1.807) is 0 Å². The summed E-state index contributed by atoms with van der Waals surface area (Å²) in [5.74, 6) is 1.31. The van der Waals surface area contributed by atoms with Gasteiger partial charge in [-0.05, 0) is 47.0 Å². The Balaban J connectivity index is 1.81. The summed E-state index contributed by atoms with van der Waals surface area (Å²) in [7, 11) is 4.03. The molecule has 0 spiro atoms. The highest BCUT2D eigenvalue weighted by atomic mass is 16.5. The molecule has 0 atom stereocenters. The first kappa shape index (κ1) is 16.6. The molecule has 0 aromatic heterocycles. The molecule has 1 aliphatic rings. The molecule has 0 saturated carbocycles. The monoisotopic (exact) mass is 306 g/mol. The van der Waals surface area contributed by atoms with Crippen molar-refractivity contribution in [2.45, 2.75) is 32.3 Å². The van der Waals surface area contributed by atoms with Gasteiger partial charge in [-0.15, -0.1) is 0 Å². The fourth-order valence-corrected chi connectivity index (χ4v) is 2.52. The fraction of sp³-hybridized carbons (Fsp3) is 0.588. The molecule has 5 heteroatoms. The molecule has 0 saturated heterocycles. The summed E-state index contributed by atoms with van der Waals surface area (Å²) in [4.78, 5) is 13.9. The summed E-state index contributed by atoms with van der Waals surface area (Å²) < 4.78 is 11.6. The molecular formula is C17H26N2O3. The molecule has 0 aliphatic carbocycles. The third kappa shape index (κ3) is 4.63. The number of fused-ring (bicyclic) bond motifs is 1. The second-order valence-electron chi connectivity index (χ2n) is 6.58. The Bertz CT molecular complexity index is 527. The minimum absolute atomic E-state index is 0.0161. The van der Waals surface area contributed by atoms with Crippen LogP contribution < -0.4 is 14.8 Å². The number of hydrogen-bond acceptors (Lipinski definition) is 4. The summed E-state index contributed by atoms with van der Waals surface area (Å²) in [6.45, 7) is 5.73. The summed E-state index contributed by atoms with van der Waals surface area (Å²) in [5, 5.41) is 2.86. The van der Waals surface area contributed by atoms with Gasteiger partial charge in [0.25, 0.3) is 5.91 Å². The summed E-state index contributed by atoms with van der Waals surface area (Å²) in [6.07, 6.45) is 1.78. The average molecular weight is 306 g/mol. The van der Waals surface area contributed by atoms with Gasteiger partial charge < -0.3 is 19.7 Å². The summed E-state index contributed by atoms with van der Waals surface area (Å²) >= 11 is 0. The van der Waals surface area contributed by atoms with Crippen molar-refractivity contribution < 1.29 is 14.3 Å². The Morgan fingerprint density at radius 3 is 2.91 bits per heavy atom. The van der Waals surface area contributed by atoms with Gasteiger partial charge in [0, 0.05) is 18.5 Å². The van der Waals surface area contributed by atoms with E-state index in [0.717, 1.165) is 30.7 Å². The predicted molar refractivity (Wildman–Crippen MR) is 86.5 cm³/mol. The minimum Gasteiger partial charge on any atom is -0.483 e. The predicted octanol–water partition coefficient (Wildman–Crippen LogP) is 1.85. The van der Waals surface area contributed by atoms with Crippen LogP contribution in [0.1, 0.15) is 25.8 Å². The van der Waals surface area contributed by atoms with Crippen LogP contribution in [0, 0.1) is 0 Å². The van der Waals surface area contributed by atoms with Gasteiger partial charge in [-0.3, -0.25) is 4.79 Å². The van der Waals surface area contributed by atoms with Crippen LogP contribution in [0.2, 0.25) is 0 Å². The lowest BCUT2D eigenvalue weighted by Gasteiger charge is -2.18. The van der Waals surface area contributed by atoms with Crippen LogP contribution in [0.5, 0.6) is 11.5 Å². The summed E-state index contributed by atoms with van der Waals surface area (Å²) in [6, 6.07) is 5.83. The van der Waals surface area contributed by atoms with Crippen molar-refractivity contribution >= 4 is 5.91 Å². The smallest absolute Gasteiger partial charge is 0.257 e. The minimum atomic E-state index is -0.212. The Morgan fingerprint density at radius 2 is 2.18 bits per heavy atom. The van der Waals surface area contributed by atoms with Gasteiger partial charge in [0.15, 0.2) is 18.1 Å². The fourth-order valence-electron chi connectivity index (χ4n) is 2.52. The van der Waals surface area contributed by atoms with Gasteiger partial charge in [-0.2, -0.15) is 0 Å². The van der Waals surface area contributed by atoms with Crippen molar-refractivity contribution in [2.24, 2.45) is 0 Å². The SMILES string of the molecule is CN(C)CCCNC(=O)COc1cccc2c1OC(C)(C)C2. The largest absolute Gasteiger partial charge is 0.483 e. The van der Waals surface area contributed by atoms with Gasteiger partial charge in [0.05, 0.1) is 0 Å². The number of rotatable bonds is 7. The standard InChI is InChI=1S/C17H26N2O3/c1-17(2)11-13-7-5-8-14(16(13)22-17)21-12-15(20)18-9-6-10-19(3)4/h5,7-8H,6,9-12H2,1-4H3,(H,18,20). The van der Waals surface area contributed by atoms with E-state index in [4.69, 9.17) is 9.47 Å². The number of nitrogens with one attached hydrogen (secondary N) is 1. The van der Waals surface area contributed by atoms with Crippen molar-refractivity contribution in [1.29, 1.82) is 0 Å². The Hall–Kier alpha value is -1.75. The van der Waals surface area contributed by atoms with E-state index in [1.165, 1.54) is 0 Å². The van der Waals surface area contributed by atoms with Crippen molar-refractivity contribution in [3.8, 4) is 11.5 Å². The second kappa shape index (κ2) is 7.01. The topological polar surface area (TPSA) is 50.8 Å². The number of carbonyl (C=O) groups excluding carboxylic acids is 1. The number of nitrogens with zero attached hydrogens (tertiary/aromatic N) is 1. The lowest BCUT2D eigenvalue weighted by molar-refractivity contribution is -0.123. The van der Waals surface area contributed by atoms with Crippen molar-refractivity contribution in [1.82, 2.24) is 10.2 Å². The molecule has 22 heavy (non-hydrogen) atoms. The number of hydrogen-bond donors (Lipinski definition) is 1. The maximum absolute atomic E-state index is 11.8. The molecule has 1 aliphatic heterocycles. The Morgan fingerprint density at radius 1 is 1.41 bits per heavy atom. The van der Waals surface area contributed by atoms with Gasteiger partial charge in [-0.1, -0.05) is 12.1 Å². The van der Waals surface area contributed by atoms with Crippen molar-refractivity contribution in [3.63, 3.8) is 0 Å². The lowest BCUT2D eigenvalue weighted by Crippen LogP contribution is -2.31. The van der Waals surface area contributed by atoms with Crippen LogP contribution in [0.3, 0.4) is 0 Å². The number of benzene rings is 1. The molecule has 1 N–H and O–H groups in total. The molecule has 1 aromatic carbocycles. The Kier molecular flexibility index (Phi) is 5.29. The molecule has 1 amide bonds. The van der Waals surface area contributed by atoms with Gasteiger partial charge in [0.2, 0.25) is 0 Å². The quantitative estimate of drug-likeness (QED) is 0.781. The van der Waals surface area contributed by atoms with E-state index < -0.39 is 0 Å². The highest BCUT2D eigenvalue weighted by Crippen LogP contribution is 2.41. The molecule has 0 radical (unpaired) electrons. The van der Waals surface area contributed by atoms with E-state index in [1.807, 2.05) is 46.1 Å². The third-order valence-electron chi connectivity index (χ3n) is 3.52. The number of ether oxygens (including phenoxy) is 2. The molecule has 122 valence electrons. The molecule has 1 heterocycles. The maximum Gasteiger partial charge on any atom is 0.257 e. The molecule has 5 nitrogen and oxygen atoms in total. The first-order valence-electron chi connectivity index (χ1n) is 7.72. The van der Waals surface area contributed by atoms with Crippen LogP contribution in [0.15, 0.2) is 18.2 Å². The van der Waals surface area contributed by atoms with E-state index >= 15 is 0 Å². The maximum atomic E-state index is 11.8. The number of para-hydroxylation sites is 1. The van der Waals surface area contributed by atoms with Crippen molar-refractivity contribution in [3.05, 3.63) is 23.8 Å². The molecular weight excluding hydrogens is 280 g/mol. The van der Waals surface area contributed by atoms with Gasteiger partial charge in [0.1, 0.15) is 5.60 Å². The number of carbonyl (C=O) groups is 1. The van der Waals surface area contributed by atoms with Gasteiger partial charge >= 0.3 is 0 Å². The lowest BCUT2D eigenvalue weighted by atomic mass is 10.0. The zero-order valence-electron chi connectivity index (χ0n) is 13.9. The second-order valence-corrected chi connectivity index (χ2v) is 6.58. The summed E-state index contributed by atoms with van der Waals surface area (Å²) in [5.41, 5.74) is 0.921. The Labute approximate surface area is 132 Å². The molecule has 0 unspecified atom stereocenters. The first-order chi connectivity index (χ1) is 10.4. The first-order valence-corrected chi connectivity index (χ1v) is 7.72. The normalized spacial score (nSPS) is 15.3. The molecule has 1 aromatic rings. The zero-order chi connectivity index (χ0) is 16.2. The average Bonchev–Trinajstić information content (AvgIpc) is 2.75. The van der Waals surface area contributed by atoms with Gasteiger partial charge in [-0.25, -0.2) is 0 Å². The highest BCUT2D eigenvalue weighted by Gasteiger charge is 2.32. The van der Waals surface area contributed by atoms with Crippen LogP contribution >= 0.6 is 0 Å². The van der Waals surface area contributed by atoms with E-state index in [2.05, 4.69) is 10.2 Å². The van der Waals surface area contributed by atoms with Crippen LogP contribution in [-0.2, 0) is 11.2 Å². The van der Waals surface area contributed by atoms with Crippen LogP contribution in [0.4, 0.5) is 0 Å². The molecule has 0 fully saturated rings. The third-order valence-corrected chi connectivity index (χ3v) is 3.52. The van der Waals surface area contributed by atoms with Crippen LogP contribution in [0.25, 0.3) is 0 Å². The number of amides is 1. The molecule has 2 rings (SSSR count). The highest BCUT2D eigenvalue weighted by molar-refractivity contribution is 5.77. The van der Waals surface area contributed by atoms with Crippen LogP contribution in [-0.4, -0.2) is 50.2 Å². The molecule has 0 bridgehead atoms. The van der Waals surface area contributed by atoms with E-state index in [0.29, 0.717) is 12.3 Å².